The van der Waals surface area contributed by atoms with E-state index >= 15 is 0 Å². The molecule has 0 aromatic carbocycles. The average Bonchev–Trinajstić information content (AvgIpc) is 2.39. The second-order valence-electron chi connectivity index (χ2n) is 3.78. The van der Waals surface area contributed by atoms with Crippen LogP contribution in [0.2, 0.25) is 0 Å². The van der Waals surface area contributed by atoms with E-state index in [1.807, 2.05) is 0 Å². The van der Waals surface area contributed by atoms with Gasteiger partial charge in [0.15, 0.2) is 11.5 Å². The first-order chi connectivity index (χ1) is 9.04. The normalized spacial score (nSPS) is 10.0. The lowest BCUT2D eigenvalue weighted by atomic mass is 10.3. The van der Waals surface area contributed by atoms with Crippen LogP contribution in [0.4, 0.5) is 5.82 Å². The van der Waals surface area contributed by atoms with E-state index in [0.717, 1.165) is 0 Å². The molecule has 0 radical (unpaired) electrons. The van der Waals surface area contributed by atoms with Crippen molar-refractivity contribution in [3.05, 3.63) is 17.8 Å². The fraction of sp³-hybridized carbons (Fsp3) is 0.455. The molecule has 0 aliphatic carbocycles. The van der Waals surface area contributed by atoms with Gasteiger partial charge in [-0.15, -0.1) is 10.2 Å². The number of methoxy groups -OCH3 is 1. The second-order valence-corrected chi connectivity index (χ2v) is 3.78. The van der Waals surface area contributed by atoms with Crippen LogP contribution in [0.5, 0.6) is 0 Å². The Morgan fingerprint density at radius 1 is 1.42 bits per heavy atom. The Hall–Kier alpha value is -2.22. The maximum Gasteiger partial charge on any atom is 0.356 e. The maximum atomic E-state index is 11.5. The van der Waals surface area contributed by atoms with Gasteiger partial charge in [0, 0.05) is 20.7 Å². The second kappa shape index (κ2) is 7.27. The van der Waals surface area contributed by atoms with Gasteiger partial charge < -0.3 is 20.1 Å². The Morgan fingerprint density at radius 3 is 2.68 bits per heavy atom. The fourth-order valence-corrected chi connectivity index (χ4v) is 1.29. The van der Waals surface area contributed by atoms with Crippen LogP contribution >= 0.6 is 0 Å². The van der Waals surface area contributed by atoms with E-state index < -0.39 is 5.97 Å². The Kier molecular flexibility index (Phi) is 5.68. The number of anilines is 1. The van der Waals surface area contributed by atoms with Gasteiger partial charge >= 0.3 is 5.97 Å². The van der Waals surface area contributed by atoms with Crippen LogP contribution < -0.4 is 10.2 Å². The van der Waals surface area contributed by atoms with E-state index in [2.05, 4.69) is 15.5 Å². The standard InChI is InChI=1S/C11H16N4O4/c1-15(7-10(16)12-5-6-19-2)9-4-3-8(11(17)18)13-14-9/h3-4H,5-7H2,1-2H3,(H,12,16)(H,17,18). The Balaban J connectivity index is 2.50. The van der Waals surface area contributed by atoms with Crippen molar-refractivity contribution >= 4 is 17.7 Å². The Labute approximate surface area is 110 Å². The van der Waals surface area contributed by atoms with Crippen LogP contribution in [0.3, 0.4) is 0 Å². The quantitative estimate of drug-likeness (QED) is 0.634. The van der Waals surface area contributed by atoms with Gasteiger partial charge in [0.05, 0.1) is 13.2 Å². The number of amides is 1. The summed E-state index contributed by atoms with van der Waals surface area (Å²) in [7, 11) is 3.22. The molecule has 0 fully saturated rings. The summed E-state index contributed by atoms with van der Waals surface area (Å²) in [6.45, 7) is 0.986. The summed E-state index contributed by atoms with van der Waals surface area (Å²) in [6, 6.07) is 2.84. The Morgan fingerprint density at radius 2 is 2.16 bits per heavy atom. The minimum Gasteiger partial charge on any atom is -0.476 e. The number of carbonyl (C=O) groups is 2. The smallest absolute Gasteiger partial charge is 0.356 e. The highest BCUT2D eigenvalue weighted by Gasteiger charge is 2.10. The van der Waals surface area contributed by atoms with E-state index in [9.17, 15) is 9.59 Å². The van der Waals surface area contributed by atoms with Crippen molar-refractivity contribution in [1.82, 2.24) is 15.5 Å². The number of aromatic nitrogens is 2. The van der Waals surface area contributed by atoms with Crippen LogP contribution in [-0.2, 0) is 9.53 Å². The van der Waals surface area contributed by atoms with Crippen LogP contribution in [0.15, 0.2) is 12.1 Å². The SMILES string of the molecule is COCCNC(=O)CN(C)c1ccc(C(=O)O)nn1. The summed E-state index contributed by atoms with van der Waals surface area (Å²) in [5, 5.41) is 18.6. The predicted molar refractivity (Wildman–Crippen MR) is 67.1 cm³/mol. The lowest BCUT2D eigenvalue weighted by Gasteiger charge is -2.16. The van der Waals surface area contributed by atoms with E-state index in [0.29, 0.717) is 19.0 Å². The minimum atomic E-state index is -1.14. The highest BCUT2D eigenvalue weighted by atomic mass is 16.5. The van der Waals surface area contributed by atoms with Gasteiger partial charge in [-0.1, -0.05) is 0 Å². The number of likely N-dealkylation sites (N-methyl/N-ethyl adjacent to an activating group) is 1. The van der Waals surface area contributed by atoms with E-state index in [1.165, 1.54) is 12.1 Å². The third-order valence-electron chi connectivity index (χ3n) is 2.27. The number of hydrogen-bond donors (Lipinski definition) is 2. The van der Waals surface area contributed by atoms with Crippen LogP contribution in [0.1, 0.15) is 10.5 Å². The molecule has 2 N–H and O–H groups in total. The van der Waals surface area contributed by atoms with Crippen LogP contribution in [0.25, 0.3) is 0 Å². The zero-order chi connectivity index (χ0) is 14.3. The third-order valence-corrected chi connectivity index (χ3v) is 2.27. The number of carboxylic acids is 1. The van der Waals surface area contributed by atoms with Crippen molar-refractivity contribution in [1.29, 1.82) is 0 Å². The number of rotatable bonds is 7. The number of nitrogens with zero attached hydrogens (tertiary/aromatic N) is 3. The lowest BCUT2D eigenvalue weighted by Crippen LogP contribution is -2.37. The number of ether oxygens (including phenoxy) is 1. The van der Waals surface area contributed by atoms with Gasteiger partial charge in [0.1, 0.15) is 0 Å². The summed E-state index contributed by atoms with van der Waals surface area (Å²) in [5.74, 6) is -0.894. The molecule has 1 rings (SSSR count). The van der Waals surface area contributed by atoms with Crippen molar-refractivity contribution in [3.8, 4) is 0 Å². The summed E-state index contributed by atoms with van der Waals surface area (Å²) in [4.78, 5) is 23.7. The highest BCUT2D eigenvalue weighted by molar-refractivity contribution is 5.85. The van der Waals surface area contributed by atoms with E-state index in [1.54, 1.807) is 19.1 Å². The first-order valence-electron chi connectivity index (χ1n) is 5.58. The van der Waals surface area contributed by atoms with Gasteiger partial charge in [-0.25, -0.2) is 4.79 Å². The van der Waals surface area contributed by atoms with Gasteiger partial charge in [-0.3, -0.25) is 4.79 Å². The summed E-state index contributed by atoms with van der Waals surface area (Å²) < 4.78 is 4.81. The molecule has 0 unspecified atom stereocenters. The zero-order valence-corrected chi connectivity index (χ0v) is 10.8. The van der Waals surface area contributed by atoms with Crippen LogP contribution in [-0.4, -0.2) is 61.0 Å². The van der Waals surface area contributed by atoms with Gasteiger partial charge in [0.25, 0.3) is 0 Å². The molecule has 0 aliphatic heterocycles. The number of carboxylic acid groups (broad SMARTS) is 1. The monoisotopic (exact) mass is 268 g/mol. The predicted octanol–water partition coefficient (Wildman–Crippen LogP) is -0.626. The molecule has 19 heavy (non-hydrogen) atoms. The first kappa shape index (κ1) is 14.8. The van der Waals surface area contributed by atoms with Crippen molar-refractivity contribution in [2.45, 2.75) is 0 Å². The molecule has 1 aromatic heterocycles. The van der Waals surface area contributed by atoms with Crippen molar-refractivity contribution < 1.29 is 19.4 Å². The largest absolute Gasteiger partial charge is 0.476 e. The van der Waals surface area contributed by atoms with Crippen molar-refractivity contribution in [2.75, 3.05) is 38.8 Å². The summed E-state index contributed by atoms with van der Waals surface area (Å²) in [5.41, 5.74) is -0.137. The lowest BCUT2D eigenvalue weighted by molar-refractivity contribution is -0.119. The molecule has 0 atom stereocenters. The molecule has 0 saturated carbocycles. The van der Waals surface area contributed by atoms with Gasteiger partial charge in [-0.2, -0.15) is 0 Å². The molecule has 0 bridgehead atoms. The van der Waals surface area contributed by atoms with Gasteiger partial charge in [0.2, 0.25) is 5.91 Å². The number of nitrogens with one attached hydrogen (secondary N) is 1. The molecule has 0 spiro atoms. The minimum absolute atomic E-state index is 0.102. The molecule has 1 heterocycles. The average molecular weight is 268 g/mol. The molecular formula is C11H16N4O4. The first-order valence-corrected chi connectivity index (χ1v) is 5.58. The number of carbonyl (C=O) groups excluding carboxylic acids is 1. The Bertz CT molecular complexity index is 435. The van der Waals surface area contributed by atoms with Crippen molar-refractivity contribution in [2.24, 2.45) is 0 Å². The molecule has 0 aliphatic rings. The summed E-state index contributed by atoms with van der Waals surface area (Å²) in [6.07, 6.45) is 0. The van der Waals surface area contributed by atoms with Gasteiger partial charge in [-0.05, 0) is 12.1 Å². The topological polar surface area (TPSA) is 105 Å². The molecule has 8 nitrogen and oxygen atoms in total. The maximum absolute atomic E-state index is 11.5. The van der Waals surface area contributed by atoms with E-state index in [-0.39, 0.29) is 18.1 Å². The number of aromatic carboxylic acids is 1. The molecule has 1 aromatic rings. The number of hydrogen-bond acceptors (Lipinski definition) is 6. The third kappa shape index (κ3) is 4.88. The zero-order valence-electron chi connectivity index (χ0n) is 10.8. The van der Waals surface area contributed by atoms with E-state index in [4.69, 9.17) is 9.84 Å². The van der Waals surface area contributed by atoms with Crippen molar-refractivity contribution in [3.63, 3.8) is 0 Å². The summed E-state index contributed by atoms with van der Waals surface area (Å²) >= 11 is 0. The highest BCUT2D eigenvalue weighted by Crippen LogP contribution is 2.06. The molecule has 1 amide bonds. The molecule has 8 heteroatoms. The molecule has 104 valence electrons. The molecule has 0 saturated heterocycles. The van der Waals surface area contributed by atoms with Crippen LogP contribution in [0, 0.1) is 0 Å². The fourth-order valence-electron chi connectivity index (χ4n) is 1.29. The molecular weight excluding hydrogens is 252 g/mol.